The van der Waals surface area contributed by atoms with Crippen LogP contribution in [0.3, 0.4) is 0 Å². The molecule has 1 aliphatic rings. The second-order valence-electron chi connectivity index (χ2n) is 7.98. The van der Waals surface area contributed by atoms with Crippen molar-refractivity contribution in [1.82, 2.24) is 10.0 Å². The number of rotatable bonds is 8. The fourth-order valence-electron chi connectivity index (χ4n) is 4.72. The maximum absolute atomic E-state index is 12.9. The van der Waals surface area contributed by atoms with Crippen molar-refractivity contribution in [2.45, 2.75) is 38.1 Å². The van der Waals surface area contributed by atoms with Crippen LogP contribution in [-0.4, -0.2) is 33.3 Å². The van der Waals surface area contributed by atoms with Crippen molar-refractivity contribution in [1.29, 1.82) is 0 Å². The molecule has 6 nitrogen and oxygen atoms in total. The summed E-state index contributed by atoms with van der Waals surface area (Å²) in [6.45, 7) is 2.65. The van der Waals surface area contributed by atoms with E-state index in [0.29, 0.717) is 19.4 Å². The Bertz CT molecular complexity index is 877. The van der Waals surface area contributed by atoms with Gasteiger partial charge in [-0.3, -0.25) is 9.35 Å². The first kappa shape index (κ1) is 22.6. The molecule has 162 valence electrons. The van der Waals surface area contributed by atoms with Crippen LogP contribution in [0.15, 0.2) is 54.6 Å². The summed E-state index contributed by atoms with van der Waals surface area (Å²) >= 11 is -2.21. The van der Waals surface area contributed by atoms with Gasteiger partial charge in [0.25, 0.3) is 0 Å². The predicted octanol–water partition coefficient (Wildman–Crippen LogP) is 2.87. The maximum atomic E-state index is 12.9. The minimum absolute atomic E-state index is 0.00948. The molecule has 1 aliphatic carbocycles. The number of carbonyl (C=O) groups excluding carboxylic acids is 1. The molecule has 0 spiro atoms. The maximum Gasteiger partial charge on any atom is 0.232 e. The van der Waals surface area contributed by atoms with Crippen LogP contribution in [0.1, 0.15) is 31.7 Å². The first-order chi connectivity index (χ1) is 14.5. The SMILES string of the molecule is CCNC(=O)C1CCCC(CN)(NS(=O)O)C1Cc1cccc(-c2ccccc2)c1. The topological polar surface area (TPSA) is 104 Å². The minimum Gasteiger partial charge on any atom is -0.356 e. The van der Waals surface area contributed by atoms with Crippen LogP contribution in [0, 0.1) is 11.8 Å². The lowest BCUT2D eigenvalue weighted by Crippen LogP contribution is -2.62. The lowest BCUT2D eigenvalue weighted by molar-refractivity contribution is -0.129. The smallest absolute Gasteiger partial charge is 0.232 e. The number of hydrogen-bond donors (Lipinski definition) is 4. The van der Waals surface area contributed by atoms with Gasteiger partial charge in [-0.15, -0.1) is 0 Å². The van der Waals surface area contributed by atoms with Gasteiger partial charge in [0.2, 0.25) is 17.2 Å². The fraction of sp³-hybridized carbons (Fsp3) is 0.435. The molecule has 5 N–H and O–H groups in total. The minimum atomic E-state index is -2.21. The van der Waals surface area contributed by atoms with Crippen molar-refractivity contribution in [2.75, 3.05) is 13.1 Å². The lowest BCUT2D eigenvalue weighted by Gasteiger charge is -2.47. The Labute approximate surface area is 181 Å². The second kappa shape index (κ2) is 10.3. The summed E-state index contributed by atoms with van der Waals surface area (Å²) in [6, 6.07) is 18.4. The van der Waals surface area contributed by atoms with E-state index in [1.165, 1.54) is 0 Å². The van der Waals surface area contributed by atoms with Gasteiger partial charge in [-0.1, -0.05) is 61.0 Å². The number of amides is 1. The highest BCUT2D eigenvalue weighted by atomic mass is 32.2. The van der Waals surface area contributed by atoms with Gasteiger partial charge in [0.05, 0.1) is 0 Å². The van der Waals surface area contributed by atoms with Crippen LogP contribution < -0.4 is 15.8 Å². The van der Waals surface area contributed by atoms with Gasteiger partial charge in [0, 0.05) is 24.5 Å². The third-order valence-electron chi connectivity index (χ3n) is 6.17. The van der Waals surface area contributed by atoms with Gasteiger partial charge in [-0.05, 0) is 48.8 Å². The average Bonchev–Trinajstić information content (AvgIpc) is 2.75. The molecule has 2 aromatic carbocycles. The normalized spacial score (nSPS) is 24.9. The molecule has 3 rings (SSSR count). The van der Waals surface area contributed by atoms with Crippen LogP contribution in [0.4, 0.5) is 0 Å². The van der Waals surface area contributed by atoms with E-state index in [1.807, 2.05) is 37.3 Å². The molecule has 0 aromatic heterocycles. The van der Waals surface area contributed by atoms with Crippen molar-refractivity contribution < 1.29 is 13.6 Å². The van der Waals surface area contributed by atoms with Gasteiger partial charge in [-0.2, -0.15) is 0 Å². The Balaban J connectivity index is 1.96. The van der Waals surface area contributed by atoms with Crippen LogP contribution in [0.5, 0.6) is 0 Å². The molecule has 0 heterocycles. The number of carbonyl (C=O) groups is 1. The van der Waals surface area contributed by atoms with Crippen LogP contribution >= 0.6 is 0 Å². The Hall–Kier alpha value is -2.06. The molecule has 1 fully saturated rings. The highest BCUT2D eigenvalue weighted by Crippen LogP contribution is 2.40. The zero-order valence-corrected chi connectivity index (χ0v) is 18.2. The van der Waals surface area contributed by atoms with Crippen LogP contribution in [0.25, 0.3) is 11.1 Å². The third-order valence-corrected chi connectivity index (χ3v) is 6.75. The zero-order valence-electron chi connectivity index (χ0n) is 17.3. The summed E-state index contributed by atoms with van der Waals surface area (Å²) in [4.78, 5) is 12.9. The fourth-order valence-corrected chi connectivity index (χ4v) is 5.41. The summed E-state index contributed by atoms with van der Waals surface area (Å²) in [6.07, 6.45) is 2.79. The molecule has 4 atom stereocenters. The molecule has 2 aromatic rings. The molecule has 4 unspecified atom stereocenters. The van der Waals surface area contributed by atoms with E-state index in [1.54, 1.807) is 0 Å². The monoisotopic (exact) mass is 429 g/mol. The second-order valence-corrected chi connectivity index (χ2v) is 8.68. The first-order valence-corrected chi connectivity index (χ1v) is 11.6. The lowest BCUT2D eigenvalue weighted by atomic mass is 9.64. The van der Waals surface area contributed by atoms with Crippen molar-refractivity contribution in [3.63, 3.8) is 0 Å². The molecule has 0 bridgehead atoms. The molecule has 7 heteroatoms. The third kappa shape index (κ3) is 5.16. The summed E-state index contributed by atoms with van der Waals surface area (Å²) in [5.41, 5.74) is 8.70. The molecule has 1 amide bonds. The van der Waals surface area contributed by atoms with Gasteiger partial charge in [0.15, 0.2) is 0 Å². The number of nitrogens with one attached hydrogen (secondary N) is 2. The summed E-state index contributed by atoms with van der Waals surface area (Å²) in [7, 11) is 0. The molecular weight excluding hydrogens is 398 g/mol. The average molecular weight is 430 g/mol. The molecule has 1 saturated carbocycles. The van der Waals surface area contributed by atoms with E-state index in [-0.39, 0.29) is 24.3 Å². The van der Waals surface area contributed by atoms with Crippen molar-refractivity contribution in [2.24, 2.45) is 17.6 Å². The Morgan fingerprint density at radius 2 is 1.93 bits per heavy atom. The van der Waals surface area contributed by atoms with Gasteiger partial charge < -0.3 is 11.1 Å². The van der Waals surface area contributed by atoms with Gasteiger partial charge in [0.1, 0.15) is 0 Å². The van der Waals surface area contributed by atoms with E-state index in [2.05, 4.69) is 34.3 Å². The Kier molecular flexibility index (Phi) is 7.77. The molecule has 0 saturated heterocycles. The van der Waals surface area contributed by atoms with E-state index < -0.39 is 16.8 Å². The summed E-state index contributed by atoms with van der Waals surface area (Å²) in [5.74, 6) is -0.464. The zero-order chi connectivity index (χ0) is 21.6. The Morgan fingerprint density at radius 3 is 2.60 bits per heavy atom. The van der Waals surface area contributed by atoms with Crippen LogP contribution in [-0.2, 0) is 22.5 Å². The van der Waals surface area contributed by atoms with E-state index in [9.17, 15) is 13.6 Å². The largest absolute Gasteiger partial charge is 0.356 e. The number of benzene rings is 2. The molecule has 0 aliphatic heterocycles. The quantitative estimate of drug-likeness (QED) is 0.484. The highest BCUT2D eigenvalue weighted by Gasteiger charge is 2.48. The van der Waals surface area contributed by atoms with Crippen molar-refractivity contribution in [3.8, 4) is 11.1 Å². The van der Waals surface area contributed by atoms with Crippen molar-refractivity contribution in [3.05, 3.63) is 60.2 Å². The van der Waals surface area contributed by atoms with E-state index in [0.717, 1.165) is 29.5 Å². The number of nitrogens with two attached hydrogens (primary N) is 1. The van der Waals surface area contributed by atoms with Gasteiger partial charge in [-0.25, -0.2) is 8.93 Å². The van der Waals surface area contributed by atoms with Crippen molar-refractivity contribution >= 4 is 17.2 Å². The molecule has 0 radical (unpaired) electrons. The van der Waals surface area contributed by atoms with E-state index in [4.69, 9.17) is 5.73 Å². The molecular formula is C23H31N3O3S. The standard InChI is InChI=1S/C23H31N3O3S/c1-2-25-22(27)20-12-7-13-23(16-24,26-30(28)29)21(20)15-17-8-6-11-19(14-17)18-9-4-3-5-10-18/h3-6,8-11,14,20-21,26H,2,7,12-13,15-16,24H2,1H3,(H,25,27)(H,28,29). The highest BCUT2D eigenvalue weighted by molar-refractivity contribution is 7.77. The number of hydrogen-bond acceptors (Lipinski definition) is 3. The van der Waals surface area contributed by atoms with E-state index >= 15 is 0 Å². The predicted molar refractivity (Wildman–Crippen MR) is 121 cm³/mol. The van der Waals surface area contributed by atoms with Crippen LogP contribution in [0.2, 0.25) is 0 Å². The van der Waals surface area contributed by atoms with Gasteiger partial charge >= 0.3 is 0 Å². The molecule has 30 heavy (non-hydrogen) atoms. The first-order valence-electron chi connectivity index (χ1n) is 10.5. The summed E-state index contributed by atoms with van der Waals surface area (Å²) < 4.78 is 24.1. The summed E-state index contributed by atoms with van der Waals surface area (Å²) in [5, 5.41) is 2.94. The Morgan fingerprint density at radius 1 is 1.20 bits per heavy atom.